The van der Waals surface area contributed by atoms with Gasteiger partial charge in [-0.05, 0) is 30.3 Å². The van der Waals surface area contributed by atoms with Crippen molar-refractivity contribution in [2.45, 2.75) is 6.42 Å². The maximum absolute atomic E-state index is 6.23. The average Bonchev–Trinajstić information content (AvgIpc) is 3.13. The molecule has 0 atom stereocenters. The smallest absolute Gasteiger partial charge is 0.223 e. The van der Waals surface area contributed by atoms with E-state index in [1.807, 2.05) is 42.5 Å². The Labute approximate surface area is 151 Å². The quantitative estimate of drug-likeness (QED) is 0.653. The normalized spacial score (nSPS) is 14.2. The van der Waals surface area contributed by atoms with Crippen molar-refractivity contribution in [2.24, 2.45) is 5.73 Å². The molecule has 7 nitrogen and oxygen atoms in total. The molecule has 3 aromatic rings. The van der Waals surface area contributed by atoms with Crippen molar-refractivity contribution in [3.8, 4) is 5.75 Å². The van der Waals surface area contributed by atoms with E-state index in [4.69, 9.17) is 10.5 Å². The van der Waals surface area contributed by atoms with Gasteiger partial charge in [-0.1, -0.05) is 18.2 Å². The van der Waals surface area contributed by atoms with Gasteiger partial charge in [0.05, 0.1) is 11.4 Å². The highest BCUT2D eigenvalue weighted by Crippen LogP contribution is 2.34. The van der Waals surface area contributed by atoms with Gasteiger partial charge in [-0.15, -0.1) is 0 Å². The van der Waals surface area contributed by atoms with Crippen LogP contribution in [0, 0.1) is 0 Å². The molecule has 4 rings (SSSR count). The summed E-state index contributed by atoms with van der Waals surface area (Å²) in [5, 5.41) is 6.35. The lowest BCUT2D eigenvalue weighted by molar-refractivity contribution is 0.458. The maximum atomic E-state index is 6.23. The van der Waals surface area contributed by atoms with Gasteiger partial charge in [0.15, 0.2) is 5.75 Å². The van der Waals surface area contributed by atoms with Crippen molar-refractivity contribution in [1.82, 2.24) is 15.0 Å². The van der Waals surface area contributed by atoms with Crippen LogP contribution in [0.15, 0.2) is 66.8 Å². The maximum Gasteiger partial charge on any atom is 0.223 e. The summed E-state index contributed by atoms with van der Waals surface area (Å²) in [5.74, 6) is 1.73. The number of ether oxygens (including phenoxy) is 1. The van der Waals surface area contributed by atoms with Gasteiger partial charge in [0.25, 0.3) is 0 Å². The molecule has 2 aromatic heterocycles. The van der Waals surface area contributed by atoms with Crippen LogP contribution >= 0.6 is 0 Å². The van der Waals surface area contributed by atoms with Crippen LogP contribution in [0.5, 0.6) is 5.75 Å². The van der Waals surface area contributed by atoms with Crippen LogP contribution in [0.1, 0.15) is 11.4 Å². The lowest BCUT2D eigenvalue weighted by Crippen LogP contribution is -2.13. The summed E-state index contributed by atoms with van der Waals surface area (Å²) >= 11 is 0. The molecule has 1 aromatic carbocycles. The third-order valence-corrected chi connectivity index (χ3v) is 3.91. The molecular weight excluding hydrogens is 328 g/mol. The molecule has 7 heteroatoms. The summed E-state index contributed by atoms with van der Waals surface area (Å²) in [6, 6.07) is 15.3. The highest BCUT2D eigenvalue weighted by molar-refractivity contribution is 5.73. The number of nitrogens with one attached hydrogen (secondary N) is 2. The molecule has 0 unspecified atom stereocenters. The van der Waals surface area contributed by atoms with E-state index in [1.165, 1.54) is 0 Å². The van der Waals surface area contributed by atoms with Crippen molar-refractivity contribution in [1.29, 1.82) is 0 Å². The molecule has 4 N–H and O–H groups in total. The van der Waals surface area contributed by atoms with Crippen molar-refractivity contribution in [3.63, 3.8) is 0 Å². The predicted octanol–water partition coefficient (Wildman–Crippen LogP) is 2.62. The first-order chi connectivity index (χ1) is 12.8. The number of hydrogen-bond acceptors (Lipinski definition) is 7. The predicted molar refractivity (Wildman–Crippen MR) is 100 cm³/mol. The minimum atomic E-state index is 0.427. The number of para-hydroxylation sites is 2. The largest absolute Gasteiger partial charge is 0.437 e. The number of nitrogens with zero attached hydrogens (tertiary/aromatic N) is 3. The van der Waals surface area contributed by atoms with Gasteiger partial charge in [0.2, 0.25) is 11.8 Å². The molecule has 0 saturated heterocycles. The number of pyridine rings is 1. The van der Waals surface area contributed by atoms with E-state index in [1.54, 1.807) is 18.5 Å². The Hall–Kier alpha value is -3.61. The number of fused-ring (bicyclic) bond motifs is 1. The number of rotatable bonds is 5. The standard InChI is InChI=1S/C19H18N6O/c20-17(18-24-14-6-1-2-7-16(14)26-18)15-9-12-23-19(25-15)22-11-8-13-5-3-4-10-21-13/h1-7,9-10,12,24H,8,11,20H2,(H,22,23,25)/b18-17+. The van der Waals surface area contributed by atoms with Crippen molar-refractivity contribution >= 4 is 17.3 Å². The number of aromatic nitrogens is 3. The van der Waals surface area contributed by atoms with E-state index in [9.17, 15) is 0 Å². The number of nitrogens with two attached hydrogens (primary N) is 1. The van der Waals surface area contributed by atoms with Gasteiger partial charge in [-0.2, -0.15) is 0 Å². The molecule has 0 aliphatic carbocycles. The Balaban J connectivity index is 1.45. The zero-order valence-corrected chi connectivity index (χ0v) is 14.0. The van der Waals surface area contributed by atoms with Crippen LogP contribution in [0.2, 0.25) is 0 Å². The first-order valence-electron chi connectivity index (χ1n) is 8.30. The molecule has 0 bridgehead atoms. The highest BCUT2D eigenvalue weighted by atomic mass is 16.5. The summed E-state index contributed by atoms with van der Waals surface area (Å²) in [6.07, 6.45) is 4.23. The van der Waals surface area contributed by atoms with Crippen LogP contribution in [0.3, 0.4) is 0 Å². The van der Waals surface area contributed by atoms with Crippen LogP contribution in [-0.4, -0.2) is 21.5 Å². The molecule has 0 saturated carbocycles. The highest BCUT2D eigenvalue weighted by Gasteiger charge is 2.20. The molecule has 0 radical (unpaired) electrons. The minimum absolute atomic E-state index is 0.427. The van der Waals surface area contributed by atoms with Gasteiger partial charge in [0.1, 0.15) is 5.70 Å². The number of hydrogen-bond donors (Lipinski definition) is 3. The first kappa shape index (κ1) is 15.9. The number of benzene rings is 1. The van der Waals surface area contributed by atoms with E-state index in [-0.39, 0.29) is 0 Å². The Morgan fingerprint density at radius 1 is 1.04 bits per heavy atom. The van der Waals surface area contributed by atoms with Crippen molar-refractivity contribution in [3.05, 3.63) is 78.2 Å². The van der Waals surface area contributed by atoms with Gasteiger partial charge in [0, 0.05) is 31.1 Å². The third kappa shape index (κ3) is 3.41. The molecule has 26 heavy (non-hydrogen) atoms. The zero-order chi connectivity index (χ0) is 17.8. The molecule has 0 spiro atoms. The Morgan fingerprint density at radius 2 is 1.92 bits per heavy atom. The number of anilines is 2. The SMILES string of the molecule is N/C(=C1\Nc2ccccc2O1)c1ccnc(NCCc2ccccn2)n1. The Kier molecular flexibility index (Phi) is 4.34. The third-order valence-electron chi connectivity index (χ3n) is 3.91. The lowest BCUT2D eigenvalue weighted by Gasteiger charge is -2.08. The summed E-state index contributed by atoms with van der Waals surface area (Å²) in [6.45, 7) is 0.678. The van der Waals surface area contributed by atoms with E-state index in [2.05, 4.69) is 25.6 Å². The van der Waals surface area contributed by atoms with Gasteiger partial charge < -0.3 is 21.1 Å². The summed E-state index contributed by atoms with van der Waals surface area (Å²) in [5.41, 5.74) is 9.15. The minimum Gasteiger partial charge on any atom is -0.437 e. The second-order valence-corrected chi connectivity index (χ2v) is 5.73. The van der Waals surface area contributed by atoms with E-state index in [0.29, 0.717) is 29.8 Å². The Bertz CT molecular complexity index is 915. The monoisotopic (exact) mass is 346 g/mol. The summed E-state index contributed by atoms with van der Waals surface area (Å²) < 4.78 is 5.76. The van der Waals surface area contributed by atoms with Crippen LogP contribution in [0.4, 0.5) is 11.6 Å². The fourth-order valence-electron chi connectivity index (χ4n) is 2.60. The van der Waals surface area contributed by atoms with Crippen molar-refractivity contribution in [2.75, 3.05) is 17.2 Å². The van der Waals surface area contributed by atoms with Gasteiger partial charge in [-0.3, -0.25) is 4.98 Å². The fraction of sp³-hybridized carbons (Fsp3) is 0.105. The topological polar surface area (TPSA) is 98.0 Å². The van der Waals surface area contributed by atoms with Gasteiger partial charge in [-0.25, -0.2) is 9.97 Å². The van der Waals surface area contributed by atoms with Gasteiger partial charge >= 0.3 is 0 Å². The van der Waals surface area contributed by atoms with Crippen LogP contribution < -0.4 is 21.1 Å². The molecular formula is C19H18N6O. The second-order valence-electron chi connectivity index (χ2n) is 5.73. The molecule has 1 aliphatic heterocycles. The summed E-state index contributed by atoms with van der Waals surface area (Å²) in [7, 11) is 0. The summed E-state index contributed by atoms with van der Waals surface area (Å²) in [4.78, 5) is 13.0. The average molecular weight is 346 g/mol. The lowest BCUT2D eigenvalue weighted by atomic mass is 10.3. The second kappa shape index (κ2) is 7.10. The zero-order valence-electron chi connectivity index (χ0n) is 14.0. The molecule has 0 amide bonds. The fourth-order valence-corrected chi connectivity index (χ4v) is 2.60. The van der Waals surface area contributed by atoms with Crippen LogP contribution in [-0.2, 0) is 6.42 Å². The van der Waals surface area contributed by atoms with E-state index in [0.717, 1.165) is 23.6 Å². The molecule has 130 valence electrons. The Morgan fingerprint density at radius 3 is 2.77 bits per heavy atom. The molecule has 3 heterocycles. The van der Waals surface area contributed by atoms with E-state index >= 15 is 0 Å². The molecule has 0 fully saturated rings. The van der Waals surface area contributed by atoms with E-state index < -0.39 is 0 Å². The first-order valence-corrected chi connectivity index (χ1v) is 8.30. The van der Waals surface area contributed by atoms with Crippen molar-refractivity contribution < 1.29 is 4.74 Å². The molecule has 1 aliphatic rings. The van der Waals surface area contributed by atoms with Crippen LogP contribution in [0.25, 0.3) is 5.70 Å².